The van der Waals surface area contributed by atoms with E-state index >= 15 is 0 Å². The molecule has 0 aliphatic carbocycles. The van der Waals surface area contributed by atoms with E-state index in [1.54, 1.807) is 0 Å². The van der Waals surface area contributed by atoms with Crippen LogP contribution >= 0.6 is 0 Å². The molecular weight excluding hydrogens is 1100 g/mol. The lowest BCUT2D eigenvalue weighted by Crippen LogP contribution is -2.45. The van der Waals surface area contributed by atoms with Crippen molar-refractivity contribution in [3.8, 4) is 0 Å². The van der Waals surface area contributed by atoms with Crippen LogP contribution < -0.4 is 5.32 Å². The molecule has 0 aliphatic rings. The van der Waals surface area contributed by atoms with Gasteiger partial charge in [0.2, 0.25) is 5.91 Å². The summed E-state index contributed by atoms with van der Waals surface area (Å²) in [6, 6.07) is -0.539. The predicted octanol–water partition coefficient (Wildman–Crippen LogP) is 28.1. The molecule has 2 unspecified atom stereocenters. The Balaban J connectivity index is 3.31. The maximum absolute atomic E-state index is 12.6. The first-order chi connectivity index (χ1) is 44.5. The van der Waals surface area contributed by atoms with Gasteiger partial charge in [0.1, 0.15) is 0 Å². The first-order valence-corrected chi connectivity index (χ1v) is 42.3. The van der Waals surface area contributed by atoms with Crippen molar-refractivity contribution in [2.45, 2.75) is 514 Å². The zero-order valence-electron chi connectivity index (χ0n) is 61.9. The van der Waals surface area contributed by atoms with Gasteiger partial charge < -0.3 is 20.3 Å². The Morgan fingerprint density at radius 1 is 0.267 bits per heavy atom. The van der Waals surface area contributed by atoms with Gasteiger partial charge in [0.25, 0.3) is 0 Å². The van der Waals surface area contributed by atoms with E-state index in [1.165, 1.54) is 430 Å². The zero-order chi connectivity index (χ0) is 64.9. The summed E-state index contributed by atoms with van der Waals surface area (Å²) in [6.45, 7) is 5.03. The van der Waals surface area contributed by atoms with Crippen molar-refractivity contribution >= 4 is 11.9 Å². The van der Waals surface area contributed by atoms with Gasteiger partial charge in [-0.05, 0) is 25.7 Å². The second-order valence-corrected chi connectivity index (χ2v) is 29.5. The molecule has 0 heterocycles. The lowest BCUT2D eigenvalue weighted by atomic mass is 10.0. The van der Waals surface area contributed by atoms with Gasteiger partial charge in [-0.2, -0.15) is 0 Å². The fourth-order valence-corrected chi connectivity index (χ4v) is 14.0. The molecule has 0 fully saturated rings. The van der Waals surface area contributed by atoms with Crippen LogP contribution in [0.4, 0.5) is 0 Å². The van der Waals surface area contributed by atoms with Crippen molar-refractivity contribution in [2.75, 3.05) is 13.2 Å². The summed E-state index contributed by atoms with van der Waals surface area (Å²) in [5.74, 6) is 0.00311. The number of rotatable bonds is 81. The van der Waals surface area contributed by atoms with Crippen molar-refractivity contribution in [3.05, 3.63) is 0 Å². The Bertz CT molecular complexity index is 1320. The van der Waals surface area contributed by atoms with Gasteiger partial charge in [-0.3, -0.25) is 9.59 Å². The molecule has 0 aromatic rings. The Morgan fingerprint density at radius 3 is 0.678 bits per heavy atom. The number of aliphatic hydroxyl groups is 2. The minimum atomic E-state index is -0.662. The molecule has 0 spiro atoms. The van der Waals surface area contributed by atoms with Gasteiger partial charge >= 0.3 is 5.97 Å². The second kappa shape index (κ2) is 80.3. The van der Waals surface area contributed by atoms with Gasteiger partial charge in [-0.1, -0.05) is 463 Å². The van der Waals surface area contributed by atoms with Crippen LogP contribution in [-0.2, 0) is 14.3 Å². The van der Waals surface area contributed by atoms with Crippen molar-refractivity contribution in [3.63, 3.8) is 0 Å². The van der Waals surface area contributed by atoms with Gasteiger partial charge in [-0.15, -0.1) is 0 Å². The highest BCUT2D eigenvalue weighted by Crippen LogP contribution is 2.21. The lowest BCUT2D eigenvalue weighted by molar-refractivity contribution is -0.143. The monoisotopic (exact) mass is 1270 g/mol. The fourth-order valence-electron chi connectivity index (χ4n) is 14.0. The Kier molecular flexibility index (Phi) is 79.3. The van der Waals surface area contributed by atoms with Crippen molar-refractivity contribution in [1.82, 2.24) is 5.32 Å². The quantitative estimate of drug-likeness (QED) is 0.0417. The van der Waals surface area contributed by atoms with Gasteiger partial charge in [0.05, 0.1) is 25.4 Å². The molecular formula is C84H167NO5. The van der Waals surface area contributed by atoms with Crippen LogP contribution in [0.15, 0.2) is 0 Å². The first kappa shape index (κ1) is 88.9. The van der Waals surface area contributed by atoms with E-state index in [2.05, 4.69) is 19.2 Å². The number of carbonyl (C=O) groups is 2. The van der Waals surface area contributed by atoms with E-state index in [1.807, 2.05) is 0 Å². The van der Waals surface area contributed by atoms with Crippen LogP contribution in [0.3, 0.4) is 0 Å². The van der Waals surface area contributed by atoms with E-state index in [-0.39, 0.29) is 18.5 Å². The van der Waals surface area contributed by atoms with E-state index in [4.69, 9.17) is 4.74 Å². The minimum absolute atomic E-state index is 0.0233. The molecule has 0 saturated carbocycles. The van der Waals surface area contributed by atoms with Crippen LogP contribution in [0.25, 0.3) is 0 Å². The summed E-state index contributed by atoms with van der Waals surface area (Å²) in [4.78, 5) is 24.7. The maximum atomic E-state index is 12.6. The van der Waals surface area contributed by atoms with Crippen molar-refractivity contribution < 1.29 is 24.5 Å². The molecule has 3 N–H and O–H groups in total. The standard InChI is InChI=1S/C84H167NO5/c1-3-5-7-9-11-13-15-17-19-21-22-23-24-33-36-39-42-45-48-52-56-60-64-68-72-76-82(87)81(80-86)85-83(88)77-73-69-65-61-57-53-49-46-43-40-37-34-31-29-27-25-26-28-30-32-35-38-41-44-47-51-55-59-63-67-71-75-79-90-84(89)78-74-70-66-62-58-54-50-20-18-16-14-12-10-8-6-4-2/h81-82,86-87H,3-80H2,1-2H3,(H,85,88). The predicted molar refractivity (Wildman–Crippen MR) is 398 cm³/mol. The van der Waals surface area contributed by atoms with E-state index in [0.29, 0.717) is 25.9 Å². The van der Waals surface area contributed by atoms with Crippen molar-refractivity contribution in [1.29, 1.82) is 0 Å². The SMILES string of the molecule is CCCCCCCCCCCCCCCCCCCCCCCCCCCC(O)C(CO)NC(=O)CCCCCCCCCCCCCCCCCCCCCCCCCCCCCCCCCCOC(=O)CCCCCCCCCCCCCCCCCC. The number of carbonyl (C=O) groups excluding carboxylic acids is 2. The van der Waals surface area contributed by atoms with Crippen LogP contribution in [0.1, 0.15) is 502 Å². The molecule has 1 amide bonds. The van der Waals surface area contributed by atoms with Crippen LogP contribution in [-0.4, -0.2) is 47.4 Å². The summed E-state index contributed by atoms with van der Waals surface area (Å²) in [6.07, 6.45) is 101. The molecule has 0 aliphatic heterocycles. The number of amides is 1. The summed E-state index contributed by atoms with van der Waals surface area (Å²) in [5.41, 5.74) is 0. The average molecular weight is 1270 g/mol. The van der Waals surface area contributed by atoms with Crippen LogP contribution in [0, 0.1) is 0 Å². The normalized spacial score (nSPS) is 12.4. The third-order valence-corrected chi connectivity index (χ3v) is 20.4. The number of hydrogen-bond donors (Lipinski definition) is 3. The number of esters is 1. The molecule has 0 aromatic carbocycles. The van der Waals surface area contributed by atoms with E-state index < -0.39 is 12.1 Å². The minimum Gasteiger partial charge on any atom is -0.466 e. The highest BCUT2D eigenvalue weighted by Gasteiger charge is 2.20. The average Bonchev–Trinajstić information content (AvgIpc) is 3.67. The van der Waals surface area contributed by atoms with Crippen LogP contribution in [0.5, 0.6) is 0 Å². The molecule has 0 saturated heterocycles. The van der Waals surface area contributed by atoms with Crippen molar-refractivity contribution in [2.24, 2.45) is 0 Å². The third kappa shape index (κ3) is 75.9. The Hall–Kier alpha value is -1.14. The van der Waals surface area contributed by atoms with Gasteiger partial charge in [-0.25, -0.2) is 0 Å². The number of aliphatic hydroxyl groups excluding tert-OH is 2. The molecule has 0 aromatic heterocycles. The van der Waals surface area contributed by atoms with E-state index in [9.17, 15) is 19.8 Å². The Labute approximate surface area is 566 Å². The van der Waals surface area contributed by atoms with Gasteiger partial charge in [0, 0.05) is 12.8 Å². The maximum Gasteiger partial charge on any atom is 0.305 e. The fraction of sp³-hybridized carbons (Fsp3) is 0.976. The lowest BCUT2D eigenvalue weighted by Gasteiger charge is -2.22. The highest BCUT2D eigenvalue weighted by molar-refractivity contribution is 5.76. The smallest absolute Gasteiger partial charge is 0.305 e. The topological polar surface area (TPSA) is 95.9 Å². The molecule has 2 atom stereocenters. The third-order valence-electron chi connectivity index (χ3n) is 20.4. The van der Waals surface area contributed by atoms with Gasteiger partial charge in [0.15, 0.2) is 0 Å². The molecule has 6 heteroatoms. The molecule has 0 bridgehead atoms. The molecule has 90 heavy (non-hydrogen) atoms. The zero-order valence-corrected chi connectivity index (χ0v) is 61.9. The number of ether oxygens (including phenoxy) is 1. The summed E-state index contributed by atoms with van der Waals surface area (Å²) >= 11 is 0. The Morgan fingerprint density at radius 2 is 0.456 bits per heavy atom. The highest BCUT2D eigenvalue weighted by atomic mass is 16.5. The molecule has 0 rings (SSSR count). The van der Waals surface area contributed by atoms with E-state index in [0.717, 1.165) is 38.5 Å². The molecule has 538 valence electrons. The summed E-state index contributed by atoms with van der Waals surface area (Å²) < 4.78 is 5.52. The number of hydrogen-bond acceptors (Lipinski definition) is 5. The van der Waals surface area contributed by atoms with Crippen LogP contribution in [0.2, 0.25) is 0 Å². The number of unbranched alkanes of at least 4 members (excludes halogenated alkanes) is 70. The summed E-state index contributed by atoms with van der Waals surface area (Å²) in [7, 11) is 0. The second-order valence-electron chi connectivity index (χ2n) is 29.5. The largest absolute Gasteiger partial charge is 0.466 e. The summed E-state index contributed by atoms with van der Waals surface area (Å²) in [5, 5.41) is 23.5. The number of nitrogens with one attached hydrogen (secondary N) is 1. The molecule has 6 nitrogen and oxygen atoms in total. The first-order valence-electron chi connectivity index (χ1n) is 42.3. The molecule has 0 radical (unpaired) electrons.